The zero-order valence-electron chi connectivity index (χ0n) is 9.54. The molecule has 0 saturated carbocycles. The van der Waals surface area contributed by atoms with Crippen molar-refractivity contribution in [3.63, 3.8) is 0 Å². The van der Waals surface area contributed by atoms with E-state index in [0.29, 0.717) is 5.69 Å². The van der Waals surface area contributed by atoms with Gasteiger partial charge in [-0.05, 0) is 24.3 Å². The van der Waals surface area contributed by atoms with Crippen molar-refractivity contribution in [1.29, 1.82) is 0 Å². The molecule has 3 rings (SSSR count). The van der Waals surface area contributed by atoms with E-state index in [-0.39, 0.29) is 0 Å². The van der Waals surface area contributed by atoms with E-state index in [4.69, 9.17) is 6.57 Å². The van der Waals surface area contributed by atoms with E-state index in [9.17, 15) is 0 Å². The molecular weight excluding hydrogens is 224 g/mol. The molecule has 0 aliphatic heterocycles. The molecule has 1 aromatic carbocycles. The predicted octanol–water partition coefficient (Wildman–Crippen LogP) is 3.63. The molecule has 0 spiro atoms. The normalized spacial score (nSPS) is 10.2. The number of anilines is 2. The first kappa shape index (κ1) is 10.4. The first-order valence-electron chi connectivity index (χ1n) is 5.54. The summed E-state index contributed by atoms with van der Waals surface area (Å²) in [6.45, 7) is 7.21. The lowest BCUT2D eigenvalue weighted by Crippen LogP contribution is -1.96. The lowest BCUT2D eigenvalue weighted by atomic mass is 10.2. The van der Waals surface area contributed by atoms with Crippen LogP contribution in [0.5, 0.6) is 0 Å². The summed E-state index contributed by atoms with van der Waals surface area (Å²) in [5.41, 5.74) is 3.16. The largest absolute Gasteiger partial charge is 0.363 e. The summed E-state index contributed by atoms with van der Waals surface area (Å²) in [5.74, 6) is 0. The molecule has 0 aliphatic rings. The lowest BCUT2D eigenvalue weighted by Gasteiger charge is -2.10. The van der Waals surface area contributed by atoms with Crippen LogP contribution in [0.15, 0.2) is 54.9 Å². The van der Waals surface area contributed by atoms with Crippen LogP contribution < -0.4 is 5.32 Å². The van der Waals surface area contributed by atoms with Crippen LogP contribution in [0.25, 0.3) is 10.4 Å². The van der Waals surface area contributed by atoms with Gasteiger partial charge in [-0.25, -0.2) is 9.36 Å². The summed E-state index contributed by atoms with van der Waals surface area (Å²) >= 11 is 0. The molecule has 2 aromatic heterocycles. The number of benzene rings is 1. The number of rotatable bonds is 2. The Kier molecular flexibility index (Phi) is 2.43. The Morgan fingerprint density at radius 3 is 2.72 bits per heavy atom. The number of para-hydroxylation sites is 1. The smallest absolute Gasteiger partial charge is 0.231 e. The minimum Gasteiger partial charge on any atom is -0.363 e. The molecule has 0 unspecified atom stereocenters. The van der Waals surface area contributed by atoms with E-state index >= 15 is 0 Å². The molecule has 18 heavy (non-hydrogen) atoms. The number of hydrogen-bond acceptors (Lipinski definition) is 2. The Morgan fingerprint density at radius 2 is 1.94 bits per heavy atom. The molecule has 0 radical (unpaired) electrons. The molecule has 0 fully saturated rings. The quantitative estimate of drug-likeness (QED) is 0.687. The summed E-state index contributed by atoms with van der Waals surface area (Å²) in [4.78, 5) is 3.51. The zero-order chi connectivity index (χ0) is 12.4. The lowest BCUT2D eigenvalue weighted by molar-refractivity contribution is 0.946. The Hall–Kier alpha value is -2.80. The van der Waals surface area contributed by atoms with E-state index in [0.717, 1.165) is 16.9 Å². The van der Waals surface area contributed by atoms with Gasteiger partial charge in [-0.2, -0.15) is 5.10 Å². The molecule has 0 amide bonds. The molecular formula is C14H10N4. The number of nitrogens with one attached hydrogen (secondary N) is 1. The average molecular weight is 234 g/mol. The maximum absolute atomic E-state index is 7.21. The van der Waals surface area contributed by atoms with Crippen molar-refractivity contribution in [2.24, 2.45) is 0 Å². The van der Waals surface area contributed by atoms with Gasteiger partial charge in [-0.3, -0.25) is 0 Å². The van der Waals surface area contributed by atoms with Gasteiger partial charge in [0.25, 0.3) is 0 Å². The van der Waals surface area contributed by atoms with Crippen molar-refractivity contribution < 1.29 is 0 Å². The summed E-state index contributed by atoms with van der Waals surface area (Å²) in [7, 11) is 0. The van der Waals surface area contributed by atoms with Gasteiger partial charge in [0, 0.05) is 11.9 Å². The highest BCUT2D eigenvalue weighted by molar-refractivity contribution is 5.87. The molecule has 1 N–H and O–H groups in total. The second kappa shape index (κ2) is 4.22. The topological polar surface area (TPSA) is 33.7 Å². The second-order valence-corrected chi connectivity index (χ2v) is 3.85. The van der Waals surface area contributed by atoms with E-state index < -0.39 is 0 Å². The molecule has 0 bridgehead atoms. The van der Waals surface area contributed by atoms with Crippen molar-refractivity contribution in [2.45, 2.75) is 0 Å². The number of hydrogen-bond donors (Lipinski definition) is 1. The van der Waals surface area contributed by atoms with Gasteiger partial charge >= 0.3 is 0 Å². The highest BCUT2D eigenvalue weighted by atomic mass is 15.2. The van der Waals surface area contributed by atoms with Crippen molar-refractivity contribution in [2.75, 3.05) is 5.32 Å². The highest BCUT2D eigenvalue weighted by Crippen LogP contribution is 2.31. The van der Waals surface area contributed by atoms with Crippen LogP contribution in [-0.2, 0) is 0 Å². The van der Waals surface area contributed by atoms with Gasteiger partial charge in [-0.15, -0.1) is 0 Å². The summed E-state index contributed by atoms with van der Waals surface area (Å²) in [6.07, 6.45) is 3.44. The molecule has 0 atom stereocenters. The summed E-state index contributed by atoms with van der Waals surface area (Å²) < 4.78 is 1.75. The fraction of sp³-hybridized carbons (Fsp3) is 0. The molecule has 3 aromatic rings. The fourth-order valence-electron chi connectivity index (χ4n) is 1.86. The van der Waals surface area contributed by atoms with Crippen molar-refractivity contribution >= 4 is 22.6 Å². The molecule has 0 aliphatic carbocycles. The Bertz CT molecular complexity index is 722. The standard InChI is InChI=1S/C14H10N4/c1-15-12-10-16-18-9-5-8-13(18)14(12)17-11-6-3-2-4-7-11/h2-10,17H. The van der Waals surface area contributed by atoms with E-state index in [2.05, 4.69) is 15.3 Å². The van der Waals surface area contributed by atoms with Crippen LogP contribution in [0.4, 0.5) is 17.1 Å². The number of nitrogens with zero attached hydrogens (tertiary/aromatic N) is 3. The minimum absolute atomic E-state index is 0.519. The van der Waals surface area contributed by atoms with E-state index in [1.807, 2.05) is 48.7 Å². The van der Waals surface area contributed by atoms with Crippen LogP contribution in [0, 0.1) is 6.57 Å². The van der Waals surface area contributed by atoms with Gasteiger partial charge < -0.3 is 5.32 Å². The summed E-state index contributed by atoms with van der Waals surface area (Å²) in [6, 6.07) is 13.6. The predicted molar refractivity (Wildman–Crippen MR) is 71.2 cm³/mol. The fourth-order valence-corrected chi connectivity index (χ4v) is 1.86. The van der Waals surface area contributed by atoms with Crippen molar-refractivity contribution in [3.05, 3.63) is 66.3 Å². The highest BCUT2D eigenvalue weighted by Gasteiger charge is 2.08. The van der Waals surface area contributed by atoms with Gasteiger partial charge in [0.15, 0.2) is 0 Å². The summed E-state index contributed by atoms with van der Waals surface area (Å²) in [5, 5.41) is 7.46. The minimum atomic E-state index is 0.519. The third-order valence-electron chi connectivity index (χ3n) is 2.71. The monoisotopic (exact) mass is 234 g/mol. The Labute approximate surface area is 104 Å². The van der Waals surface area contributed by atoms with Crippen LogP contribution in [0.3, 0.4) is 0 Å². The first-order valence-corrected chi connectivity index (χ1v) is 5.54. The second-order valence-electron chi connectivity index (χ2n) is 3.85. The Balaban J connectivity index is 2.15. The van der Waals surface area contributed by atoms with Gasteiger partial charge in [-0.1, -0.05) is 18.2 Å². The van der Waals surface area contributed by atoms with Crippen LogP contribution in [0.1, 0.15) is 0 Å². The van der Waals surface area contributed by atoms with Crippen molar-refractivity contribution in [1.82, 2.24) is 9.61 Å². The maximum Gasteiger partial charge on any atom is 0.231 e. The van der Waals surface area contributed by atoms with Gasteiger partial charge in [0.05, 0.1) is 24.0 Å². The van der Waals surface area contributed by atoms with Crippen molar-refractivity contribution in [3.8, 4) is 0 Å². The van der Waals surface area contributed by atoms with Crippen LogP contribution in [0.2, 0.25) is 0 Å². The molecule has 4 heteroatoms. The average Bonchev–Trinajstić information content (AvgIpc) is 2.89. The Morgan fingerprint density at radius 1 is 1.11 bits per heavy atom. The van der Waals surface area contributed by atoms with E-state index in [1.54, 1.807) is 10.7 Å². The van der Waals surface area contributed by atoms with Crippen LogP contribution in [-0.4, -0.2) is 9.61 Å². The molecule has 4 nitrogen and oxygen atoms in total. The first-order chi connectivity index (χ1) is 8.88. The third-order valence-corrected chi connectivity index (χ3v) is 2.71. The molecule has 2 heterocycles. The maximum atomic E-state index is 7.21. The number of fused-ring (bicyclic) bond motifs is 1. The third kappa shape index (κ3) is 1.68. The molecule has 0 saturated heterocycles. The van der Waals surface area contributed by atoms with Gasteiger partial charge in [0.1, 0.15) is 0 Å². The van der Waals surface area contributed by atoms with Crippen LogP contribution >= 0.6 is 0 Å². The van der Waals surface area contributed by atoms with Gasteiger partial charge in [0.2, 0.25) is 5.69 Å². The molecule has 86 valence electrons. The van der Waals surface area contributed by atoms with E-state index in [1.165, 1.54) is 0 Å². The zero-order valence-corrected chi connectivity index (χ0v) is 9.54. The SMILES string of the molecule is [C-]#[N+]c1cnn2cccc2c1Nc1ccccc1. The number of aromatic nitrogens is 2.